The number of likely N-dealkylation sites (tertiary alicyclic amines) is 2. The van der Waals surface area contributed by atoms with Crippen LogP contribution in [0.4, 0.5) is 0 Å². The van der Waals surface area contributed by atoms with E-state index in [1.807, 2.05) is 40.1 Å². The molecule has 4 fully saturated rings. The molecule has 3 heterocycles. The smallest absolute Gasteiger partial charge is 0.254 e. The Balaban J connectivity index is 1.39. The Hall–Kier alpha value is -1.88. The molecule has 4 aliphatic rings. The number of carbonyl (C=O) groups is 2. The molecule has 0 spiro atoms. The van der Waals surface area contributed by atoms with Crippen LogP contribution < -0.4 is 0 Å². The Morgan fingerprint density at radius 1 is 0.964 bits per heavy atom. The third kappa shape index (κ3) is 3.14. The van der Waals surface area contributed by atoms with E-state index in [0.29, 0.717) is 23.5 Å². The molecule has 5 atom stereocenters. The molecule has 1 saturated carbocycles. The van der Waals surface area contributed by atoms with Crippen LogP contribution in [-0.2, 0) is 9.53 Å². The largest absolute Gasteiger partial charge is 0.378 e. The molecule has 2 amide bonds. The fourth-order valence-corrected chi connectivity index (χ4v) is 5.99. The zero-order valence-corrected chi connectivity index (χ0v) is 16.5. The normalized spacial score (nSPS) is 34.8. The summed E-state index contributed by atoms with van der Waals surface area (Å²) in [4.78, 5) is 31.0. The number of rotatable bonds is 2. The standard InChI is InChI=1S/C23H30N2O3/c26-22(16-6-2-1-3-7-16)25-19-9-5-4-8-17(19)14-20(25)23(27)24-12-10-21-18(15-24)11-13-28-21/h1-3,6-7,17-21H,4-5,8-15H2/t17-,18-,19+,20-,21+/m0/s1. The highest BCUT2D eigenvalue weighted by Crippen LogP contribution is 2.41. The van der Waals surface area contributed by atoms with Crippen molar-refractivity contribution in [1.82, 2.24) is 9.80 Å². The van der Waals surface area contributed by atoms with E-state index >= 15 is 0 Å². The average Bonchev–Trinajstić information content (AvgIpc) is 3.37. The molecule has 0 aromatic heterocycles. The Kier molecular flexibility index (Phi) is 4.87. The van der Waals surface area contributed by atoms with Gasteiger partial charge in [-0.1, -0.05) is 31.0 Å². The van der Waals surface area contributed by atoms with Crippen LogP contribution >= 0.6 is 0 Å². The lowest BCUT2D eigenvalue weighted by Crippen LogP contribution is -2.54. The van der Waals surface area contributed by atoms with Gasteiger partial charge in [0.1, 0.15) is 6.04 Å². The summed E-state index contributed by atoms with van der Waals surface area (Å²) in [6.07, 6.45) is 7.71. The van der Waals surface area contributed by atoms with Crippen LogP contribution in [0.2, 0.25) is 0 Å². The van der Waals surface area contributed by atoms with Crippen molar-refractivity contribution in [2.45, 2.75) is 63.1 Å². The molecule has 1 aliphatic carbocycles. The number of ether oxygens (including phenoxy) is 1. The highest BCUT2D eigenvalue weighted by atomic mass is 16.5. The van der Waals surface area contributed by atoms with Crippen molar-refractivity contribution in [2.24, 2.45) is 11.8 Å². The molecule has 5 rings (SSSR count). The summed E-state index contributed by atoms with van der Waals surface area (Å²) < 4.78 is 5.80. The molecule has 1 aromatic rings. The first-order valence-electron chi connectivity index (χ1n) is 11.0. The lowest BCUT2D eigenvalue weighted by Gasteiger charge is -2.38. The van der Waals surface area contributed by atoms with Crippen molar-refractivity contribution in [2.75, 3.05) is 19.7 Å². The van der Waals surface area contributed by atoms with Gasteiger partial charge in [-0.15, -0.1) is 0 Å². The lowest BCUT2D eigenvalue weighted by molar-refractivity contribution is -0.138. The van der Waals surface area contributed by atoms with E-state index in [4.69, 9.17) is 4.74 Å². The van der Waals surface area contributed by atoms with Gasteiger partial charge in [-0.25, -0.2) is 0 Å². The van der Waals surface area contributed by atoms with E-state index in [1.165, 1.54) is 6.42 Å². The van der Waals surface area contributed by atoms with E-state index in [1.54, 1.807) is 0 Å². The van der Waals surface area contributed by atoms with Crippen molar-refractivity contribution in [3.63, 3.8) is 0 Å². The number of amides is 2. The zero-order valence-electron chi connectivity index (χ0n) is 16.5. The van der Waals surface area contributed by atoms with Crippen molar-refractivity contribution in [3.05, 3.63) is 35.9 Å². The molecule has 3 aliphatic heterocycles. The Morgan fingerprint density at radius 2 is 1.79 bits per heavy atom. The van der Waals surface area contributed by atoms with Gasteiger partial charge in [0.25, 0.3) is 5.91 Å². The molecular formula is C23H30N2O3. The minimum atomic E-state index is -0.292. The van der Waals surface area contributed by atoms with Gasteiger partial charge in [0.2, 0.25) is 5.91 Å². The summed E-state index contributed by atoms with van der Waals surface area (Å²) in [5.41, 5.74) is 0.703. The van der Waals surface area contributed by atoms with Gasteiger partial charge in [0.15, 0.2) is 0 Å². The van der Waals surface area contributed by atoms with Gasteiger partial charge in [-0.3, -0.25) is 9.59 Å². The fraction of sp³-hybridized carbons (Fsp3) is 0.652. The van der Waals surface area contributed by atoms with Crippen molar-refractivity contribution in [1.29, 1.82) is 0 Å². The number of piperidine rings is 1. The summed E-state index contributed by atoms with van der Waals surface area (Å²) in [6.45, 7) is 2.38. The van der Waals surface area contributed by atoms with E-state index in [9.17, 15) is 9.59 Å². The topological polar surface area (TPSA) is 49.9 Å². The number of hydrogen-bond donors (Lipinski definition) is 0. The Bertz CT molecular complexity index is 737. The molecule has 5 nitrogen and oxygen atoms in total. The molecule has 1 aromatic carbocycles. The minimum Gasteiger partial charge on any atom is -0.378 e. The van der Waals surface area contributed by atoms with Crippen LogP contribution in [0, 0.1) is 11.8 Å². The average molecular weight is 383 g/mol. The second-order valence-electron chi connectivity index (χ2n) is 8.97. The van der Waals surface area contributed by atoms with E-state index in [2.05, 4.69) is 0 Å². The second-order valence-corrected chi connectivity index (χ2v) is 8.97. The van der Waals surface area contributed by atoms with E-state index < -0.39 is 0 Å². The minimum absolute atomic E-state index is 0.0347. The fourth-order valence-electron chi connectivity index (χ4n) is 5.99. The highest BCUT2D eigenvalue weighted by Gasteiger charge is 2.49. The predicted octanol–water partition coefficient (Wildman–Crippen LogP) is 3.10. The molecule has 150 valence electrons. The molecular weight excluding hydrogens is 352 g/mol. The maximum atomic E-state index is 13.6. The van der Waals surface area contributed by atoms with Crippen LogP contribution in [0.1, 0.15) is 55.3 Å². The van der Waals surface area contributed by atoms with E-state index in [0.717, 1.165) is 58.2 Å². The SMILES string of the molecule is O=C([C@@H]1C[C@@H]2CCCC[C@H]2N1C(=O)c1ccccc1)N1CC[C@H]2OCC[C@H]2C1. The lowest BCUT2D eigenvalue weighted by atomic mass is 9.84. The zero-order chi connectivity index (χ0) is 19.1. The number of fused-ring (bicyclic) bond motifs is 2. The summed E-state index contributed by atoms with van der Waals surface area (Å²) in [5, 5.41) is 0. The molecule has 0 radical (unpaired) electrons. The first-order valence-corrected chi connectivity index (χ1v) is 11.0. The molecule has 28 heavy (non-hydrogen) atoms. The van der Waals surface area contributed by atoms with Gasteiger partial charge in [-0.2, -0.15) is 0 Å². The van der Waals surface area contributed by atoms with Gasteiger partial charge in [0, 0.05) is 37.2 Å². The van der Waals surface area contributed by atoms with Crippen LogP contribution in [0.5, 0.6) is 0 Å². The summed E-state index contributed by atoms with van der Waals surface area (Å²) in [6, 6.07) is 9.43. The number of carbonyl (C=O) groups excluding carboxylic acids is 2. The summed E-state index contributed by atoms with van der Waals surface area (Å²) >= 11 is 0. The maximum Gasteiger partial charge on any atom is 0.254 e. The van der Waals surface area contributed by atoms with Crippen LogP contribution in [0.25, 0.3) is 0 Å². The van der Waals surface area contributed by atoms with Gasteiger partial charge >= 0.3 is 0 Å². The predicted molar refractivity (Wildman–Crippen MR) is 106 cm³/mol. The molecule has 3 saturated heterocycles. The van der Waals surface area contributed by atoms with E-state index in [-0.39, 0.29) is 23.9 Å². The Labute approximate surface area is 167 Å². The Morgan fingerprint density at radius 3 is 2.64 bits per heavy atom. The first-order chi connectivity index (χ1) is 13.7. The van der Waals surface area contributed by atoms with Crippen LogP contribution in [0.3, 0.4) is 0 Å². The number of benzene rings is 1. The summed E-state index contributed by atoms with van der Waals surface area (Å²) in [5.74, 6) is 1.15. The third-order valence-corrected chi connectivity index (χ3v) is 7.42. The van der Waals surface area contributed by atoms with Crippen LogP contribution in [0.15, 0.2) is 30.3 Å². The van der Waals surface area contributed by atoms with Gasteiger partial charge in [-0.05, 0) is 50.2 Å². The first kappa shape index (κ1) is 18.2. The molecule has 5 heteroatoms. The molecule has 0 bridgehead atoms. The number of nitrogens with zero attached hydrogens (tertiary/aromatic N) is 2. The van der Waals surface area contributed by atoms with Crippen LogP contribution in [-0.4, -0.2) is 59.5 Å². The summed E-state index contributed by atoms with van der Waals surface area (Å²) in [7, 11) is 0. The monoisotopic (exact) mass is 382 g/mol. The van der Waals surface area contributed by atoms with Gasteiger partial charge < -0.3 is 14.5 Å². The second kappa shape index (κ2) is 7.51. The van der Waals surface area contributed by atoms with Crippen molar-refractivity contribution in [3.8, 4) is 0 Å². The maximum absolute atomic E-state index is 13.6. The van der Waals surface area contributed by atoms with Crippen molar-refractivity contribution < 1.29 is 14.3 Å². The van der Waals surface area contributed by atoms with Crippen molar-refractivity contribution >= 4 is 11.8 Å². The highest BCUT2D eigenvalue weighted by molar-refractivity contribution is 5.98. The molecule has 0 N–H and O–H groups in total. The number of hydrogen-bond acceptors (Lipinski definition) is 3. The molecule has 0 unspecified atom stereocenters. The third-order valence-electron chi connectivity index (χ3n) is 7.42. The van der Waals surface area contributed by atoms with Gasteiger partial charge in [0.05, 0.1) is 6.10 Å². The quantitative estimate of drug-likeness (QED) is 0.790.